The Morgan fingerprint density at radius 2 is 2.26 bits per heavy atom. The molecule has 1 atom stereocenters. The van der Waals surface area contributed by atoms with Crippen molar-refractivity contribution in [3.8, 4) is 0 Å². The van der Waals surface area contributed by atoms with Crippen LogP contribution in [-0.4, -0.2) is 42.1 Å². The molecule has 2 rings (SSSR count). The van der Waals surface area contributed by atoms with E-state index in [1.54, 1.807) is 0 Å². The maximum absolute atomic E-state index is 5.53. The molecule has 0 amide bonds. The molecule has 0 aliphatic carbocycles. The molecular weight excluding hydrogens is 240 g/mol. The van der Waals surface area contributed by atoms with Crippen molar-refractivity contribution < 1.29 is 4.74 Å². The molecule has 1 N–H and O–H groups in total. The molecule has 2 heterocycles. The van der Waals surface area contributed by atoms with Crippen molar-refractivity contribution in [2.24, 2.45) is 7.05 Å². The van der Waals surface area contributed by atoms with Crippen LogP contribution in [0.1, 0.15) is 31.5 Å². The van der Waals surface area contributed by atoms with Gasteiger partial charge in [-0.3, -0.25) is 4.68 Å². The number of nitrogens with zero attached hydrogens (tertiary/aromatic N) is 3. The summed E-state index contributed by atoms with van der Waals surface area (Å²) in [5.41, 5.74) is 2.45. The zero-order chi connectivity index (χ0) is 13.8. The Balaban J connectivity index is 2.22. The lowest BCUT2D eigenvalue weighted by atomic mass is 10.2. The number of hydrogen-bond donors (Lipinski definition) is 1. The molecule has 1 saturated heterocycles. The maximum atomic E-state index is 5.53. The number of aromatic nitrogens is 2. The summed E-state index contributed by atoms with van der Waals surface area (Å²) in [6.45, 7) is 11.0. The summed E-state index contributed by atoms with van der Waals surface area (Å²) >= 11 is 0. The van der Waals surface area contributed by atoms with Crippen LogP contribution in [0.4, 0.5) is 5.82 Å². The van der Waals surface area contributed by atoms with E-state index in [9.17, 15) is 0 Å². The first-order valence-electron chi connectivity index (χ1n) is 7.22. The zero-order valence-electron chi connectivity index (χ0n) is 12.6. The summed E-state index contributed by atoms with van der Waals surface area (Å²) in [5.74, 6) is 1.25. The van der Waals surface area contributed by atoms with E-state index in [0.29, 0.717) is 6.04 Å². The van der Waals surface area contributed by atoms with Crippen LogP contribution in [0.3, 0.4) is 0 Å². The van der Waals surface area contributed by atoms with Gasteiger partial charge in [0, 0.05) is 25.7 Å². The van der Waals surface area contributed by atoms with E-state index in [-0.39, 0.29) is 0 Å². The smallest absolute Gasteiger partial charge is 0.131 e. The highest BCUT2D eigenvalue weighted by molar-refractivity contribution is 5.51. The van der Waals surface area contributed by atoms with Crippen LogP contribution >= 0.6 is 0 Å². The summed E-state index contributed by atoms with van der Waals surface area (Å²) in [5, 5.41) is 8.08. The minimum absolute atomic E-state index is 0.411. The second-order valence-electron chi connectivity index (χ2n) is 5.31. The largest absolute Gasteiger partial charge is 0.377 e. The Labute approximate surface area is 115 Å². The van der Waals surface area contributed by atoms with Gasteiger partial charge in [-0.05, 0) is 26.8 Å². The molecule has 1 unspecified atom stereocenters. The minimum Gasteiger partial charge on any atom is -0.377 e. The van der Waals surface area contributed by atoms with Gasteiger partial charge in [0.15, 0.2) is 0 Å². The van der Waals surface area contributed by atoms with Gasteiger partial charge in [-0.15, -0.1) is 0 Å². The van der Waals surface area contributed by atoms with Crippen molar-refractivity contribution in [2.45, 2.75) is 39.8 Å². The molecule has 5 heteroatoms. The number of rotatable bonds is 5. The van der Waals surface area contributed by atoms with Gasteiger partial charge in [-0.1, -0.05) is 6.92 Å². The van der Waals surface area contributed by atoms with E-state index < -0.39 is 0 Å². The van der Waals surface area contributed by atoms with E-state index in [2.05, 4.69) is 36.1 Å². The molecule has 1 aliphatic rings. The van der Waals surface area contributed by atoms with Gasteiger partial charge in [0.05, 0.1) is 24.9 Å². The number of aryl methyl sites for hydroxylation is 2. The third kappa shape index (κ3) is 3.09. The molecule has 1 aromatic rings. The summed E-state index contributed by atoms with van der Waals surface area (Å²) < 4.78 is 7.55. The van der Waals surface area contributed by atoms with Gasteiger partial charge in [0.25, 0.3) is 0 Å². The second-order valence-corrected chi connectivity index (χ2v) is 5.31. The first-order valence-corrected chi connectivity index (χ1v) is 7.22. The van der Waals surface area contributed by atoms with Gasteiger partial charge in [0.1, 0.15) is 5.82 Å². The summed E-state index contributed by atoms with van der Waals surface area (Å²) in [6.07, 6.45) is 1.16. The molecule has 1 aliphatic heterocycles. The van der Waals surface area contributed by atoms with Crippen molar-refractivity contribution in [2.75, 3.05) is 31.2 Å². The Hall–Kier alpha value is -1.07. The number of anilines is 1. The van der Waals surface area contributed by atoms with Crippen molar-refractivity contribution in [1.29, 1.82) is 0 Å². The quantitative estimate of drug-likeness (QED) is 0.819. The van der Waals surface area contributed by atoms with E-state index in [1.165, 1.54) is 11.4 Å². The van der Waals surface area contributed by atoms with Crippen LogP contribution in [0.15, 0.2) is 0 Å². The highest BCUT2D eigenvalue weighted by atomic mass is 16.5. The fraction of sp³-hybridized carbons (Fsp3) is 0.786. The predicted octanol–water partition coefficient (Wildman–Crippen LogP) is 1.45. The molecule has 0 aromatic carbocycles. The monoisotopic (exact) mass is 266 g/mol. The lowest BCUT2D eigenvalue weighted by Crippen LogP contribution is -2.45. The van der Waals surface area contributed by atoms with Crippen LogP contribution in [0, 0.1) is 6.92 Å². The van der Waals surface area contributed by atoms with Gasteiger partial charge in [-0.2, -0.15) is 5.10 Å². The molecule has 0 spiro atoms. The standard InChI is InChI=1S/C14H26N4O/c1-5-6-15-9-13-12(3)16-17(4)14(13)18-7-8-19-10-11(18)2/h11,15H,5-10H2,1-4H3. The lowest BCUT2D eigenvalue weighted by molar-refractivity contribution is 0.0980. The number of ether oxygens (including phenoxy) is 1. The van der Waals surface area contributed by atoms with E-state index in [4.69, 9.17) is 4.74 Å². The normalized spacial score (nSPS) is 20.0. The van der Waals surface area contributed by atoms with Crippen LogP contribution in [0.5, 0.6) is 0 Å². The van der Waals surface area contributed by atoms with Crippen molar-refractivity contribution in [3.05, 3.63) is 11.3 Å². The highest BCUT2D eigenvalue weighted by Gasteiger charge is 2.25. The fourth-order valence-electron chi connectivity index (χ4n) is 2.69. The Bertz CT molecular complexity index is 416. The molecule has 1 aromatic heterocycles. The summed E-state index contributed by atoms with van der Waals surface area (Å²) in [7, 11) is 2.04. The molecule has 0 radical (unpaired) electrons. The Kier molecular flexibility index (Phi) is 4.82. The van der Waals surface area contributed by atoms with E-state index in [0.717, 1.165) is 45.0 Å². The maximum Gasteiger partial charge on any atom is 0.131 e. The predicted molar refractivity (Wildman–Crippen MR) is 77.6 cm³/mol. The average molecular weight is 266 g/mol. The zero-order valence-corrected chi connectivity index (χ0v) is 12.6. The number of morpholine rings is 1. The Morgan fingerprint density at radius 1 is 1.47 bits per heavy atom. The first kappa shape index (κ1) is 14.3. The Morgan fingerprint density at radius 3 is 2.95 bits per heavy atom. The van der Waals surface area contributed by atoms with Crippen LogP contribution in [-0.2, 0) is 18.3 Å². The fourth-order valence-corrected chi connectivity index (χ4v) is 2.69. The van der Waals surface area contributed by atoms with Crippen molar-refractivity contribution >= 4 is 5.82 Å². The van der Waals surface area contributed by atoms with Gasteiger partial charge >= 0.3 is 0 Å². The molecule has 0 saturated carbocycles. The van der Waals surface area contributed by atoms with Gasteiger partial charge in [-0.25, -0.2) is 0 Å². The SMILES string of the molecule is CCCNCc1c(C)nn(C)c1N1CCOCC1C. The number of nitrogens with one attached hydrogen (secondary N) is 1. The number of hydrogen-bond acceptors (Lipinski definition) is 4. The van der Waals surface area contributed by atoms with E-state index in [1.807, 2.05) is 11.7 Å². The third-order valence-electron chi connectivity index (χ3n) is 3.68. The van der Waals surface area contributed by atoms with Crippen LogP contribution < -0.4 is 10.2 Å². The first-order chi connectivity index (χ1) is 9.15. The van der Waals surface area contributed by atoms with Crippen molar-refractivity contribution in [1.82, 2.24) is 15.1 Å². The van der Waals surface area contributed by atoms with E-state index >= 15 is 0 Å². The topological polar surface area (TPSA) is 42.3 Å². The van der Waals surface area contributed by atoms with Crippen LogP contribution in [0.25, 0.3) is 0 Å². The van der Waals surface area contributed by atoms with Crippen molar-refractivity contribution in [3.63, 3.8) is 0 Å². The summed E-state index contributed by atoms with van der Waals surface area (Å²) in [6, 6.07) is 0.411. The average Bonchev–Trinajstić information content (AvgIpc) is 2.66. The third-order valence-corrected chi connectivity index (χ3v) is 3.68. The molecular formula is C14H26N4O. The van der Waals surface area contributed by atoms with Gasteiger partial charge in [0.2, 0.25) is 0 Å². The lowest BCUT2D eigenvalue weighted by Gasteiger charge is -2.35. The molecule has 19 heavy (non-hydrogen) atoms. The van der Waals surface area contributed by atoms with Gasteiger partial charge < -0.3 is 15.0 Å². The van der Waals surface area contributed by atoms with Crippen LogP contribution in [0.2, 0.25) is 0 Å². The molecule has 0 bridgehead atoms. The minimum atomic E-state index is 0.411. The molecule has 108 valence electrons. The second kappa shape index (κ2) is 6.39. The highest BCUT2D eigenvalue weighted by Crippen LogP contribution is 2.26. The molecule has 5 nitrogen and oxygen atoms in total. The summed E-state index contributed by atoms with van der Waals surface area (Å²) in [4.78, 5) is 2.42. The molecule has 1 fully saturated rings.